The van der Waals surface area contributed by atoms with Gasteiger partial charge in [-0.05, 0) is 6.07 Å². The minimum absolute atomic E-state index is 0.0570. The molecule has 1 spiro atoms. The number of benzene rings is 1. The summed E-state index contributed by atoms with van der Waals surface area (Å²) >= 11 is 0. The van der Waals surface area contributed by atoms with Gasteiger partial charge in [0.1, 0.15) is 12.3 Å². The first-order valence-electron chi connectivity index (χ1n) is 8.51. The number of fused-ring (bicyclic) bond motifs is 2. The van der Waals surface area contributed by atoms with Crippen molar-refractivity contribution in [2.24, 2.45) is 0 Å². The van der Waals surface area contributed by atoms with E-state index in [4.69, 9.17) is 9.26 Å². The molecule has 1 fully saturated rings. The van der Waals surface area contributed by atoms with Crippen LogP contribution in [0.2, 0.25) is 0 Å². The number of rotatable bonds is 2. The van der Waals surface area contributed by atoms with Crippen LogP contribution >= 0.6 is 0 Å². The standard InChI is InChI=1S/C18H20N4O4/c1-17(2,3)14-19-13(26-21-14)10-22-15(23)18(20-16(22)24)8-9-25-12-7-5-4-6-11(12)18/h4-7H,8-10H2,1-3H3,(H,20,24). The van der Waals surface area contributed by atoms with Crippen LogP contribution in [0.15, 0.2) is 28.8 Å². The molecule has 4 rings (SSSR count). The van der Waals surface area contributed by atoms with Crippen molar-refractivity contribution in [3.05, 3.63) is 41.5 Å². The summed E-state index contributed by atoms with van der Waals surface area (Å²) in [7, 11) is 0. The molecular weight excluding hydrogens is 336 g/mol. The molecule has 1 N–H and O–H groups in total. The fourth-order valence-corrected chi connectivity index (χ4v) is 3.27. The number of hydrogen-bond acceptors (Lipinski definition) is 6. The Morgan fingerprint density at radius 1 is 1.27 bits per heavy atom. The molecule has 26 heavy (non-hydrogen) atoms. The van der Waals surface area contributed by atoms with Crippen molar-refractivity contribution in [3.63, 3.8) is 0 Å². The average Bonchev–Trinajstić information content (AvgIpc) is 3.16. The third kappa shape index (κ3) is 2.44. The Bertz CT molecular complexity index is 885. The quantitative estimate of drug-likeness (QED) is 0.828. The van der Waals surface area contributed by atoms with E-state index in [1.807, 2.05) is 32.9 Å². The fourth-order valence-electron chi connectivity index (χ4n) is 3.27. The molecule has 0 bridgehead atoms. The van der Waals surface area contributed by atoms with Gasteiger partial charge < -0.3 is 14.6 Å². The van der Waals surface area contributed by atoms with E-state index in [2.05, 4.69) is 15.5 Å². The van der Waals surface area contributed by atoms with Gasteiger partial charge in [-0.3, -0.25) is 9.69 Å². The van der Waals surface area contributed by atoms with E-state index in [0.29, 0.717) is 30.2 Å². The van der Waals surface area contributed by atoms with Gasteiger partial charge in [0.25, 0.3) is 5.91 Å². The van der Waals surface area contributed by atoms with Crippen LogP contribution in [-0.2, 0) is 22.3 Å². The van der Waals surface area contributed by atoms with E-state index in [1.165, 1.54) is 0 Å². The second-order valence-corrected chi connectivity index (χ2v) is 7.58. The van der Waals surface area contributed by atoms with Crippen molar-refractivity contribution >= 4 is 11.9 Å². The highest BCUT2D eigenvalue weighted by molar-refractivity contribution is 6.07. The second-order valence-electron chi connectivity index (χ2n) is 7.58. The zero-order chi connectivity index (χ0) is 18.5. The van der Waals surface area contributed by atoms with Gasteiger partial charge in [-0.2, -0.15) is 4.98 Å². The molecule has 2 aliphatic rings. The van der Waals surface area contributed by atoms with Crippen LogP contribution in [0.4, 0.5) is 4.79 Å². The smallest absolute Gasteiger partial charge is 0.325 e. The molecular formula is C18H20N4O4. The molecule has 1 unspecified atom stereocenters. The van der Waals surface area contributed by atoms with Crippen molar-refractivity contribution in [1.29, 1.82) is 0 Å². The molecule has 3 heterocycles. The van der Waals surface area contributed by atoms with E-state index in [0.717, 1.165) is 4.90 Å². The molecule has 136 valence electrons. The topological polar surface area (TPSA) is 97.6 Å². The van der Waals surface area contributed by atoms with Crippen LogP contribution in [-0.4, -0.2) is 33.6 Å². The summed E-state index contributed by atoms with van der Waals surface area (Å²) < 4.78 is 10.9. The Morgan fingerprint density at radius 3 is 2.77 bits per heavy atom. The van der Waals surface area contributed by atoms with Gasteiger partial charge in [-0.25, -0.2) is 4.79 Å². The molecule has 0 saturated carbocycles. The predicted molar refractivity (Wildman–Crippen MR) is 90.3 cm³/mol. The number of nitrogens with zero attached hydrogens (tertiary/aromatic N) is 3. The molecule has 1 aromatic carbocycles. The van der Waals surface area contributed by atoms with Crippen molar-refractivity contribution in [2.75, 3.05) is 6.61 Å². The van der Waals surface area contributed by atoms with Gasteiger partial charge in [-0.1, -0.05) is 44.1 Å². The molecule has 2 aliphatic heterocycles. The van der Waals surface area contributed by atoms with Crippen LogP contribution in [0.3, 0.4) is 0 Å². The number of nitrogens with one attached hydrogen (secondary N) is 1. The molecule has 0 aliphatic carbocycles. The Morgan fingerprint density at radius 2 is 2.04 bits per heavy atom. The highest BCUT2D eigenvalue weighted by Gasteiger charge is 2.55. The number of carbonyl (C=O) groups is 2. The van der Waals surface area contributed by atoms with Crippen molar-refractivity contribution < 1.29 is 18.8 Å². The lowest BCUT2D eigenvalue weighted by Gasteiger charge is -2.33. The Labute approximate surface area is 150 Å². The predicted octanol–water partition coefficient (Wildman–Crippen LogP) is 2.10. The molecule has 3 amide bonds. The molecule has 1 aromatic heterocycles. The van der Waals surface area contributed by atoms with Crippen LogP contribution < -0.4 is 10.1 Å². The molecule has 0 radical (unpaired) electrons. The summed E-state index contributed by atoms with van der Waals surface area (Å²) in [5, 5.41) is 6.79. The second kappa shape index (κ2) is 5.55. The lowest BCUT2D eigenvalue weighted by Crippen LogP contribution is -2.47. The lowest BCUT2D eigenvalue weighted by molar-refractivity contribution is -0.133. The molecule has 8 nitrogen and oxygen atoms in total. The fraction of sp³-hybridized carbons (Fsp3) is 0.444. The first kappa shape index (κ1) is 16.6. The number of hydrogen-bond donors (Lipinski definition) is 1. The summed E-state index contributed by atoms with van der Waals surface area (Å²) in [5.74, 6) is 1.05. The maximum atomic E-state index is 13.2. The van der Waals surface area contributed by atoms with E-state index in [1.54, 1.807) is 12.1 Å². The molecule has 8 heteroatoms. The number of carbonyl (C=O) groups excluding carboxylic acids is 2. The Balaban J connectivity index is 1.64. The largest absolute Gasteiger partial charge is 0.493 e. The number of imide groups is 1. The minimum Gasteiger partial charge on any atom is -0.493 e. The van der Waals surface area contributed by atoms with E-state index in [9.17, 15) is 9.59 Å². The number of para-hydroxylation sites is 1. The monoisotopic (exact) mass is 356 g/mol. The molecule has 1 saturated heterocycles. The zero-order valence-electron chi connectivity index (χ0n) is 14.9. The van der Waals surface area contributed by atoms with Crippen LogP contribution in [0.25, 0.3) is 0 Å². The van der Waals surface area contributed by atoms with Gasteiger partial charge in [-0.15, -0.1) is 0 Å². The van der Waals surface area contributed by atoms with Crippen LogP contribution in [0, 0.1) is 0 Å². The Kier molecular flexibility index (Phi) is 3.54. The number of ether oxygens (including phenoxy) is 1. The Hall–Kier alpha value is -2.90. The first-order valence-corrected chi connectivity index (χ1v) is 8.51. The van der Waals surface area contributed by atoms with Crippen LogP contribution in [0.1, 0.15) is 44.5 Å². The van der Waals surface area contributed by atoms with Crippen LogP contribution in [0.5, 0.6) is 5.75 Å². The van der Waals surface area contributed by atoms with Gasteiger partial charge in [0.15, 0.2) is 11.4 Å². The van der Waals surface area contributed by atoms with Gasteiger partial charge in [0.05, 0.1) is 6.61 Å². The number of urea groups is 1. The molecule has 1 atom stereocenters. The maximum Gasteiger partial charge on any atom is 0.325 e. The first-order chi connectivity index (χ1) is 12.3. The normalized spacial score (nSPS) is 22.3. The van der Waals surface area contributed by atoms with Gasteiger partial charge >= 0.3 is 6.03 Å². The zero-order valence-corrected chi connectivity index (χ0v) is 14.9. The number of aromatic nitrogens is 2. The molecule has 2 aromatic rings. The summed E-state index contributed by atoms with van der Waals surface area (Å²) in [6.45, 7) is 6.18. The van der Waals surface area contributed by atoms with Crippen molar-refractivity contribution in [2.45, 2.75) is 44.7 Å². The summed E-state index contributed by atoms with van der Waals surface area (Å²) in [6, 6.07) is 6.79. The highest BCUT2D eigenvalue weighted by atomic mass is 16.5. The van der Waals surface area contributed by atoms with Crippen molar-refractivity contribution in [3.8, 4) is 5.75 Å². The van der Waals surface area contributed by atoms with Crippen molar-refractivity contribution in [1.82, 2.24) is 20.4 Å². The summed E-state index contributed by atoms with van der Waals surface area (Å²) in [6.07, 6.45) is 0.377. The number of amides is 3. The third-order valence-electron chi connectivity index (χ3n) is 4.69. The third-order valence-corrected chi connectivity index (χ3v) is 4.69. The summed E-state index contributed by atoms with van der Waals surface area (Å²) in [4.78, 5) is 31.1. The highest BCUT2D eigenvalue weighted by Crippen LogP contribution is 2.41. The summed E-state index contributed by atoms with van der Waals surface area (Å²) in [5.41, 5.74) is -0.702. The van der Waals surface area contributed by atoms with E-state index in [-0.39, 0.29) is 23.8 Å². The van der Waals surface area contributed by atoms with E-state index < -0.39 is 11.6 Å². The average molecular weight is 356 g/mol. The maximum absolute atomic E-state index is 13.2. The van der Waals surface area contributed by atoms with Gasteiger partial charge in [0, 0.05) is 17.4 Å². The minimum atomic E-state index is -1.10. The van der Waals surface area contributed by atoms with E-state index >= 15 is 0 Å². The van der Waals surface area contributed by atoms with Gasteiger partial charge in [0.2, 0.25) is 5.89 Å². The SMILES string of the molecule is CC(C)(C)c1noc(CN2C(=O)NC3(CCOc4ccccc43)C2=O)n1. The lowest BCUT2D eigenvalue weighted by atomic mass is 9.84.